The zero-order valence-corrected chi connectivity index (χ0v) is 13.9. The second-order valence-corrected chi connectivity index (χ2v) is 7.54. The van der Waals surface area contributed by atoms with Gasteiger partial charge in [-0.1, -0.05) is 26.0 Å². The fraction of sp³-hybridized carbons (Fsp3) is 0.375. The van der Waals surface area contributed by atoms with Gasteiger partial charge < -0.3 is 0 Å². The Morgan fingerprint density at radius 1 is 1.14 bits per heavy atom. The number of benzene rings is 1. The third-order valence-electron chi connectivity index (χ3n) is 3.55. The number of aromatic nitrogens is 2. The quantitative estimate of drug-likeness (QED) is 0.820. The van der Waals surface area contributed by atoms with E-state index in [1.54, 1.807) is 37.8 Å². The number of likely N-dealkylation sites (N-methyl/N-ethyl adjacent to an activating group) is 1. The molecule has 0 aliphatic carbocycles. The Hall–Kier alpha value is -1.79. The van der Waals surface area contributed by atoms with Crippen molar-refractivity contribution in [2.75, 3.05) is 13.6 Å². The summed E-state index contributed by atoms with van der Waals surface area (Å²) in [5.74, 6) is 0.381. The first kappa shape index (κ1) is 16.6. The highest BCUT2D eigenvalue weighted by Crippen LogP contribution is 2.19. The third kappa shape index (κ3) is 3.90. The second kappa shape index (κ2) is 6.98. The van der Waals surface area contributed by atoms with E-state index in [9.17, 15) is 8.42 Å². The maximum atomic E-state index is 12.5. The van der Waals surface area contributed by atoms with Crippen molar-refractivity contribution in [2.45, 2.75) is 31.1 Å². The van der Waals surface area contributed by atoms with Gasteiger partial charge in [0.1, 0.15) is 0 Å². The molecule has 0 saturated carbocycles. The van der Waals surface area contributed by atoms with Crippen LogP contribution in [0.15, 0.2) is 47.8 Å². The first-order chi connectivity index (χ1) is 10.4. The zero-order valence-electron chi connectivity index (χ0n) is 13.1. The third-order valence-corrected chi connectivity index (χ3v) is 5.43. The average molecular weight is 319 g/mol. The number of sulfonamides is 1. The van der Waals surface area contributed by atoms with Crippen LogP contribution in [0.5, 0.6) is 0 Å². The Labute approximate surface area is 132 Å². The molecule has 0 unspecified atom stereocenters. The molecule has 1 aromatic heterocycles. The second-order valence-electron chi connectivity index (χ2n) is 5.50. The van der Waals surface area contributed by atoms with Gasteiger partial charge in [0.15, 0.2) is 0 Å². The van der Waals surface area contributed by atoms with Gasteiger partial charge in [0.25, 0.3) is 0 Å². The molecule has 118 valence electrons. The van der Waals surface area contributed by atoms with Crippen LogP contribution in [-0.4, -0.2) is 36.3 Å². The summed E-state index contributed by atoms with van der Waals surface area (Å²) in [5, 5.41) is 0. The molecule has 5 nitrogen and oxygen atoms in total. The molecule has 0 N–H and O–H groups in total. The van der Waals surface area contributed by atoms with Crippen molar-refractivity contribution in [3.05, 3.63) is 54.1 Å². The minimum atomic E-state index is -3.47. The highest BCUT2D eigenvalue weighted by atomic mass is 32.2. The largest absolute Gasteiger partial charge is 0.261 e. The Balaban J connectivity index is 2.08. The van der Waals surface area contributed by atoms with Gasteiger partial charge in [-0.15, -0.1) is 0 Å². The zero-order chi connectivity index (χ0) is 16.2. The van der Waals surface area contributed by atoms with Crippen molar-refractivity contribution in [2.24, 2.45) is 0 Å². The fourth-order valence-corrected chi connectivity index (χ4v) is 3.23. The molecule has 2 aromatic rings. The molecule has 0 radical (unpaired) electrons. The molecule has 0 fully saturated rings. The molecule has 0 atom stereocenters. The molecule has 22 heavy (non-hydrogen) atoms. The van der Waals surface area contributed by atoms with E-state index in [4.69, 9.17) is 0 Å². The number of hydrogen-bond acceptors (Lipinski definition) is 4. The van der Waals surface area contributed by atoms with Crippen molar-refractivity contribution in [3.63, 3.8) is 0 Å². The summed E-state index contributed by atoms with van der Waals surface area (Å²) >= 11 is 0. The molecule has 6 heteroatoms. The monoisotopic (exact) mass is 319 g/mol. The predicted octanol–water partition coefficient (Wildman–Crippen LogP) is 2.46. The van der Waals surface area contributed by atoms with Gasteiger partial charge in [0.2, 0.25) is 10.0 Å². The van der Waals surface area contributed by atoms with Crippen LogP contribution in [0.25, 0.3) is 0 Å². The Morgan fingerprint density at radius 2 is 1.82 bits per heavy atom. The molecule has 0 spiro atoms. The summed E-state index contributed by atoms with van der Waals surface area (Å²) in [6.45, 7) is 4.53. The lowest BCUT2D eigenvalue weighted by Crippen LogP contribution is -2.29. The minimum absolute atomic E-state index is 0.318. The van der Waals surface area contributed by atoms with Gasteiger partial charge in [0.05, 0.1) is 10.6 Å². The Bertz CT molecular complexity index is 698. The Morgan fingerprint density at radius 3 is 2.36 bits per heavy atom. The van der Waals surface area contributed by atoms with Gasteiger partial charge in [-0.25, -0.2) is 12.7 Å². The van der Waals surface area contributed by atoms with E-state index < -0.39 is 10.0 Å². The molecular weight excluding hydrogens is 298 g/mol. The molecular formula is C16H21N3O2S. The van der Waals surface area contributed by atoms with Crippen molar-refractivity contribution in [1.82, 2.24) is 14.3 Å². The van der Waals surface area contributed by atoms with E-state index in [0.29, 0.717) is 23.8 Å². The summed E-state index contributed by atoms with van der Waals surface area (Å²) in [6, 6.07) is 7.08. The van der Waals surface area contributed by atoms with E-state index in [1.165, 1.54) is 4.31 Å². The maximum absolute atomic E-state index is 12.5. The number of nitrogens with zero attached hydrogens (tertiary/aromatic N) is 3. The summed E-state index contributed by atoms with van der Waals surface area (Å²) in [4.78, 5) is 8.45. The van der Waals surface area contributed by atoms with Gasteiger partial charge in [0, 0.05) is 38.6 Å². The molecule has 0 aliphatic heterocycles. The maximum Gasteiger partial charge on any atom is 0.242 e. The SMILES string of the molecule is CC(C)c1ccc(S(=O)(=O)N(C)CCc2cnccn2)cc1. The molecule has 0 amide bonds. The lowest BCUT2D eigenvalue weighted by Gasteiger charge is -2.17. The standard InChI is InChI=1S/C16H21N3O2S/c1-13(2)14-4-6-16(7-5-14)22(20,21)19(3)11-8-15-12-17-9-10-18-15/h4-7,9-10,12-13H,8,11H2,1-3H3. The van der Waals surface area contributed by atoms with Gasteiger partial charge in [-0.05, 0) is 23.6 Å². The van der Waals surface area contributed by atoms with Crippen LogP contribution in [0.2, 0.25) is 0 Å². The Kier molecular flexibility index (Phi) is 5.26. The van der Waals surface area contributed by atoms with E-state index in [2.05, 4.69) is 23.8 Å². The number of hydrogen-bond donors (Lipinski definition) is 0. The molecule has 0 aliphatic rings. The van der Waals surface area contributed by atoms with E-state index in [0.717, 1.165) is 11.3 Å². The first-order valence-corrected chi connectivity index (χ1v) is 8.66. The molecule has 1 heterocycles. The van der Waals surface area contributed by atoms with Crippen LogP contribution in [0.4, 0.5) is 0 Å². The van der Waals surface area contributed by atoms with Gasteiger partial charge in [-0.2, -0.15) is 0 Å². The summed E-state index contributed by atoms with van der Waals surface area (Å²) in [5.41, 5.74) is 1.90. The van der Waals surface area contributed by atoms with Crippen LogP contribution in [0.1, 0.15) is 31.0 Å². The van der Waals surface area contributed by atoms with Crippen molar-refractivity contribution in [3.8, 4) is 0 Å². The van der Waals surface area contributed by atoms with E-state index in [-0.39, 0.29) is 0 Å². The molecule has 0 saturated heterocycles. The fourth-order valence-electron chi connectivity index (χ4n) is 2.06. The lowest BCUT2D eigenvalue weighted by molar-refractivity contribution is 0.470. The highest BCUT2D eigenvalue weighted by molar-refractivity contribution is 7.89. The van der Waals surface area contributed by atoms with Crippen LogP contribution < -0.4 is 0 Å². The average Bonchev–Trinajstić information content (AvgIpc) is 2.53. The van der Waals surface area contributed by atoms with Crippen molar-refractivity contribution in [1.29, 1.82) is 0 Å². The van der Waals surface area contributed by atoms with E-state index in [1.807, 2.05) is 12.1 Å². The van der Waals surface area contributed by atoms with Crippen molar-refractivity contribution >= 4 is 10.0 Å². The van der Waals surface area contributed by atoms with Crippen LogP contribution in [0, 0.1) is 0 Å². The number of rotatable bonds is 6. The molecule has 0 bridgehead atoms. The van der Waals surface area contributed by atoms with Gasteiger partial charge in [-0.3, -0.25) is 9.97 Å². The highest BCUT2D eigenvalue weighted by Gasteiger charge is 2.20. The summed E-state index contributed by atoms with van der Waals surface area (Å²) in [6.07, 6.45) is 5.39. The van der Waals surface area contributed by atoms with Crippen LogP contribution in [0.3, 0.4) is 0 Å². The van der Waals surface area contributed by atoms with E-state index >= 15 is 0 Å². The minimum Gasteiger partial charge on any atom is -0.261 e. The lowest BCUT2D eigenvalue weighted by atomic mass is 10.0. The normalized spacial score (nSPS) is 12.0. The topological polar surface area (TPSA) is 63.2 Å². The van der Waals surface area contributed by atoms with Crippen molar-refractivity contribution < 1.29 is 8.42 Å². The summed E-state index contributed by atoms with van der Waals surface area (Å²) in [7, 11) is -1.88. The molecule has 1 aromatic carbocycles. The van der Waals surface area contributed by atoms with Gasteiger partial charge >= 0.3 is 0 Å². The van der Waals surface area contributed by atoms with Crippen LogP contribution >= 0.6 is 0 Å². The smallest absolute Gasteiger partial charge is 0.242 e. The summed E-state index contributed by atoms with van der Waals surface area (Å²) < 4.78 is 26.4. The van der Waals surface area contributed by atoms with Crippen LogP contribution in [-0.2, 0) is 16.4 Å². The first-order valence-electron chi connectivity index (χ1n) is 7.22. The molecule has 2 rings (SSSR count). The predicted molar refractivity (Wildman–Crippen MR) is 86.1 cm³/mol.